The first-order valence-electron chi connectivity index (χ1n) is 7.02. The van der Waals surface area contributed by atoms with E-state index < -0.39 is 17.9 Å². The summed E-state index contributed by atoms with van der Waals surface area (Å²) in [6, 6.07) is 14.3. The number of carbonyl (C=O) groups is 1. The Balaban J connectivity index is 2.16. The Bertz CT molecular complexity index is 799. The largest absolute Gasteiger partial charge is 0.763 e. The number of halogens is 1. The Hall–Kier alpha value is -2.29. The van der Waals surface area contributed by atoms with Crippen LogP contribution in [0.1, 0.15) is 17.5 Å². The van der Waals surface area contributed by atoms with Gasteiger partial charge in [0.05, 0.1) is 17.9 Å². The standard InChI is InChI=1S/C17H12ClN3OS/c18-12-6-4-11(5-7-12)14-13(10-19)17(23)20-16(22)15(14)21-8-2-1-3-9-21/h1-9,13-15H/t13?,14-,15+/m0/s1. The fraction of sp³-hybridized carbons (Fsp3) is 0.176. The van der Waals surface area contributed by atoms with E-state index in [2.05, 4.69) is 11.1 Å². The summed E-state index contributed by atoms with van der Waals surface area (Å²) in [6.45, 7) is 0. The second-order valence-corrected chi connectivity index (χ2v) is 6.09. The highest BCUT2D eigenvalue weighted by Crippen LogP contribution is 2.37. The molecule has 1 unspecified atom stereocenters. The molecule has 2 heterocycles. The zero-order valence-electron chi connectivity index (χ0n) is 12.0. The Morgan fingerprint density at radius 2 is 1.83 bits per heavy atom. The monoisotopic (exact) mass is 341 g/mol. The van der Waals surface area contributed by atoms with Crippen molar-refractivity contribution in [2.24, 2.45) is 10.9 Å². The van der Waals surface area contributed by atoms with E-state index in [0.29, 0.717) is 5.02 Å². The van der Waals surface area contributed by atoms with E-state index >= 15 is 0 Å². The van der Waals surface area contributed by atoms with Crippen molar-refractivity contribution in [2.75, 3.05) is 0 Å². The number of rotatable bonds is 2. The van der Waals surface area contributed by atoms with Gasteiger partial charge in [-0.05, 0) is 17.7 Å². The van der Waals surface area contributed by atoms with E-state index in [1.54, 1.807) is 29.1 Å². The van der Waals surface area contributed by atoms with Crippen LogP contribution in [0.3, 0.4) is 0 Å². The van der Waals surface area contributed by atoms with Gasteiger partial charge in [0.1, 0.15) is 0 Å². The normalized spacial score (nSPS) is 23.9. The minimum absolute atomic E-state index is 0.144. The predicted octanol–water partition coefficient (Wildman–Crippen LogP) is 2.58. The van der Waals surface area contributed by atoms with Crippen LogP contribution in [0, 0.1) is 17.2 Å². The first-order valence-corrected chi connectivity index (χ1v) is 7.80. The van der Waals surface area contributed by atoms with Crippen LogP contribution >= 0.6 is 11.6 Å². The quantitative estimate of drug-likeness (QED) is 0.623. The molecule has 114 valence electrons. The maximum Gasteiger partial charge on any atom is 0.313 e. The molecule has 2 aromatic rings. The van der Waals surface area contributed by atoms with Crippen LogP contribution in [-0.4, -0.2) is 11.0 Å². The van der Waals surface area contributed by atoms with Gasteiger partial charge >= 0.3 is 5.91 Å². The molecule has 1 aromatic carbocycles. The number of amides is 1. The van der Waals surface area contributed by atoms with Crippen LogP contribution in [0.4, 0.5) is 0 Å². The van der Waals surface area contributed by atoms with Crippen LogP contribution in [0.2, 0.25) is 5.02 Å². The lowest BCUT2D eigenvalue weighted by atomic mass is 9.79. The molecule has 0 fully saturated rings. The molecular formula is C17H12ClN3OS. The highest BCUT2D eigenvalue weighted by molar-refractivity contribution is 7.77. The van der Waals surface area contributed by atoms with Gasteiger partial charge in [-0.15, -0.1) is 0 Å². The maximum atomic E-state index is 12.5. The number of pyridine rings is 1. The summed E-state index contributed by atoms with van der Waals surface area (Å²) >= 11 is 11.1. The molecule has 0 saturated carbocycles. The fourth-order valence-corrected chi connectivity index (χ4v) is 3.25. The zero-order chi connectivity index (χ0) is 16.4. The van der Waals surface area contributed by atoms with Gasteiger partial charge < -0.3 is 12.6 Å². The average Bonchev–Trinajstić information content (AvgIpc) is 2.56. The third-order valence-corrected chi connectivity index (χ3v) is 4.49. The third-order valence-electron chi connectivity index (χ3n) is 3.89. The van der Waals surface area contributed by atoms with Crippen molar-refractivity contribution in [3.05, 3.63) is 65.4 Å². The average molecular weight is 342 g/mol. The molecule has 4 nitrogen and oxygen atoms in total. The highest BCUT2D eigenvalue weighted by atomic mass is 35.5. The number of nitriles is 1. The first kappa shape index (κ1) is 15.6. The number of carbonyl (C=O) groups excluding carboxylic acids is 1. The summed E-state index contributed by atoms with van der Waals surface area (Å²) in [5, 5.41) is 10.3. The molecule has 1 amide bonds. The third kappa shape index (κ3) is 2.96. The van der Waals surface area contributed by atoms with Gasteiger partial charge in [0, 0.05) is 17.2 Å². The topological polar surface area (TPSA) is 57.1 Å². The van der Waals surface area contributed by atoms with Crippen molar-refractivity contribution in [3.8, 4) is 6.07 Å². The minimum atomic E-state index is -0.637. The van der Waals surface area contributed by atoms with Gasteiger partial charge in [-0.2, -0.15) is 9.83 Å². The van der Waals surface area contributed by atoms with E-state index in [0.717, 1.165) is 5.56 Å². The molecule has 3 atom stereocenters. The summed E-state index contributed by atoms with van der Waals surface area (Å²) in [5.41, 5.74) is 0.841. The Labute approximate surface area is 144 Å². The molecule has 1 aromatic heterocycles. The van der Waals surface area contributed by atoms with Crippen molar-refractivity contribution >= 4 is 35.2 Å². The van der Waals surface area contributed by atoms with Crippen LogP contribution in [0.25, 0.3) is 0 Å². The van der Waals surface area contributed by atoms with Crippen molar-refractivity contribution < 1.29 is 9.36 Å². The smallest absolute Gasteiger partial charge is 0.313 e. The SMILES string of the molecule is N#CC1C([S-])=NC(=O)[C@H]([n+]2ccccc2)[C@H]1c1ccc(Cl)cc1. The summed E-state index contributed by atoms with van der Waals surface area (Å²) < 4.78 is 1.78. The van der Waals surface area contributed by atoms with Gasteiger partial charge in [-0.25, -0.2) is 4.99 Å². The molecule has 1 aliphatic heterocycles. The first-order chi connectivity index (χ1) is 11.1. The fourth-order valence-electron chi connectivity index (χ4n) is 2.84. The maximum absolute atomic E-state index is 12.5. The summed E-state index contributed by atoms with van der Waals surface area (Å²) in [5.74, 6) is -1.37. The Morgan fingerprint density at radius 1 is 1.17 bits per heavy atom. The van der Waals surface area contributed by atoms with E-state index in [9.17, 15) is 10.1 Å². The molecule has 0 radical (unpaired) electrons. The van der Waals surface area contributed by atoms with Crippen molar-refractivity contribution in [1.82, 2.24) is 0 Å². The van der Waals surface area contributed by atoms with Gasteiger partial charge in [-0.3, -0.25) is 4.79 Å². The van der Waals surface area contributed by atoms with Gasteiger partial charge in [0.2, 0.25) is 6.04 Å². The van der Waals surface area contributed by atoms with Crippen LogP contribution in [0.5, 0.6) is 0 Å². The van der Waals surface area contributed by atoms with Crippen molar-refractivity contribution in [3.63, 3.8) is 0 Å². The second-order valence-electron chi connectivity index (χ2n) is 5.24. The molecule has 6 heteroatoms. The molecule has 0 saturated heterocycles. The van der Waals surface area contributed by atoms with Gasteiger partial charge in [-0.1, -0.05) is 34.8 Å². The lowest BCUT2D eigenvalue weighted by molar-refractivity contribution is -0.712. The summed E-state index contributed by atoms with van der Waals surface area (Å²) in [7, 11) is 0. The van der Waals surface area contributed by atoms with E-state index in [-0.39, 0.29) is 11.0 Å². The number of aliphatic imine (C=N–C) groups is 1. The summed E-state index contributed by atoms with van der Waals surface area (Å²) in [4.78, 5) is 16.4. The van der Waals surface area contributed by atoms with Crippen molar-refractivity contribution in [1.29, 1.82) is 5.26 Å². The lowest BCUT2D eigenvalue weighted by Gasteiger charge is -2.32. The van der Waals surface area contributed by atoms with Gasteiger partial charge in [0.25, 0.3) is 0 Å². The number of nitrogens with zero attached hydrogens (tertiary/aromatic N) is 3. The number of hydrogen-bond donors (Lipinski definition) is 0. The van der Waals surface area contributed by atoms with Crippen LogP contribution in [-0.2, 0) is 17.4 Å². The molecule has 1 aliphatic rings. The van der Waals surface area contributed by atoms with E-state index in [1.165, 1.54) is 0 Å². The molecule has 23 heavy (non-hydrogen) atoms. The predicted molar refractivity (Wildman–Crippen MR) is 88.8 cm³/mol. The molecular weight excluding hydrogens is 330 g/mol. The molecule has 0 aliphatic carbocycles. The van der Waals surface area contributed by atoms with Crippen LogP contribution in [0.15, 0.2) is 59.9 Å². The lowest BCUT2D eigenvalue weighted by Crippen LogP contribution is -2.51. The molecule has 3 rings (SSSR count). The van der Waals surface area contributed by atoms with Gasteiger partial charge in [0.15, 0.2) is 12.4 Å². The molecule has 0 N–H and O–H groups in total. The highest BCUT2D eigenvalue weighted by Gasteiger charge is 2.45. The van der Waals surface area contributed by atoms with Crippen LogP contribution < -0.4 is 4.57 Å². The Kier molecular flexibility index (Phi) is 4.37. The minimum Gasteiger partial charge on any atom is -0.763 e. The number of benzene rings is 1. The zero-order valence-corrected chi connectivity index (χ0v) is 13.5. The van der Waals surface area contributed by atoms with Crippen molar-refractivity contribution in [2.45, 2.75) is 12.0 Å². The molecule has 0 spiro atoms. The number of hydrogen-bond acceptors (Lipinski definition) is 3. The second kappa shape index (κ2) is 6.45. The van der Waals surface area contributed by atoms with E-state index in [1.807, 2.05) is 30.3 Å². The molecule has 0 bridgehead atoms. The summed E-state index contributed by atoms with van der Waals surface area (Å²) in [6.07, 6.45) is 3.59. The van der Waals surface area contributed by atoms with E-state index in [4.69, 9.17) is 24.2 Å². The Morgan fingerprint density at radius 3 is 2.43 bits per heavy atom. The number of aromatic nitrogens is 1.